The Labute approximate surface area is 123 Å². The Morgan fingerprint density at radius 2 is 1.75 bits per heavy atom. The van der Waals surface area contributed by atoms with E-state index in [9.17, 15) is 0 Å². The zero-order chi connectivity index (χ0) is 14.4. The van der Waals surface area contributed by atoms with E-state index in [4.69, 9.17) is 4.74 Å². The first-order chi connectivity index (χ1) is 9.78. The van der Waals surface area contributed by atoms with Crippen molar-refractivity contribution in [1.29, 1.82) is 0 Å². The van der Waals surface area contributed by atoms with E-state index in [1.165, 1.54) is 31.2 Å². The number of hydrogen-bond donors (Lipinski definition) is 1. The second-order valence-electron chi connectivity index (χ2n) is 5.95. The normalized spacial score (nSPS) is 18.9. The molecule has 1 aliphatic heterocycles. The average Bonchev–Trinajstić information content (AvgIpc) is 2.54. The summed E-state index contributed by atoms with van der Waals surface area (Å²) in [4.78, 5) is 0. The number of likely N-dealkylation sites (N-methyl/N-ethyl adjacent to an activating group) is 1. The Balaban J connectivity index is 2.33. The summed E-state index contributed by atoms with van der Waals surface area (Å²) in [7, 11) is 2.13. The van der Waals surface area contributed by atoms with Crippen molar-refractivity contribution < 1.29 is 4.74 Å². The highest BCUT2D eigenvalue weighted by Crippen LogP contribution is 2.40. The zero-order valence-electron chi connectivity index (χ0n) is 13.2. The summed E-state index contributed by atoms with van der Waals surface area (Å²) in [6.07, 6.45) is 4.72. The van der Waals surface area contributed by atoms with Gasteiger partial charge in [0.25, 0.3) is 0 Å². The van der Waals surface area contributed by atoms with Crippen molar-refractivity contribution in [2.45, 2.75) is 51.0 Å². The minimum Gasteiger partial charge on any atom is -0.381 e. The standard InChI is InChI=1S/C18H29NO/c1-4-18(5-2,16-9-7-6-8-10-16)17(19-3)15-11-13-20-14-12-15/h6-10,15,17,19H,4-5,11-14H2,1-3H3. The molecule has 0 bridgehead atoms. The van der Waals surface area contributed by atoms with E-state index in [0.29, 0.717) is 12.0 Å². The fraction of sp³-hybridized carbons (Fsp3) is 0.667. The fourth-order valence-corrected chi connectivity index (χ4v) is 4.06. The molecule has 0 amide bonds. The summed E-state index contributed by atoms with van der Waals surface area (Å²) in [6.45, 7) is 6.50. The molecule has 20 heavy (non-hydrogen) atoms. The summed E-state index contributed by atoms with van der Waals surface area (Å²) < 4.78 is 5.55. The second-order valence-corrected chi connectivity index (χ2v) is 5.95. The highest BCUT2D eigenvalue weighted by molar-refractivity contribution is 5.28. The summed E-state index contributed by atoms with van der Waals surface area (Å²) in [6, 6.07) is 11.6. The molecule has 1 aromatic rings. The summed E-state index contributed by atoms with van der Waals surface area (Å²) in [5, 5.41) is 3.66. The van der Waals surface area contributed by atoms with Crippen molar-refractivity contribution in [3.8, 4) is 0 Å². The van der Waals surface area contributed by atoms with Gasteiger partial charge in [-0.1, -0.05) is 44.2 Å². The molecule has 112 valence electrons. The molecule has 0 saturated carbocycles. The molecule has 1 aromatic carbocycles. The fourth-order valence-electron chi connectivity index (χ4n) is 4.06. The maximum atomic E-state index is 5.55. The highest BCUT2D eigenvalue weighted by atomic mass is 16.5. The first-order valence-corrected chi connectivity index (χ1v) is 8.09. The van der Waals surface area contributed by atoms with Crippen LogP contribution < -0.4 is 5.32 Å². The molecule has 2 rings (SSSR count). The summed E-state index contributed by atoms with van der Waals surface area (Å²) >= 11 is 0. The van der Waals surface area contributed by atoms with Gasteiger partial charge in [-0.3, -0.25) is 0 Å². The lowest BCUT2D eigenvalue weighted by Crippen LogP contribution is -2.52. The minimum atomic E-state index is 0.234. The molecule has 1 aliphatic rings. The predicted molar refractivity (Wildman–Crippen MR) is 85.1 cm³/mol. The third-order valence-corrected chi connectivity index (χ3v) is 5.25. The maximum Gasteiger partial charge on any atom is 0.0469 e. The minimum absolute atomic E-state index is 0.234. The van der Waals surface area contributed by atoms with E-state index in [0.717, 1.165) is 13.2 Å². The van der Waals surface area contributed by atoms with Crippen LogP contribution >= 0.6 is 0 Å². The Bertz CT molecular complexity index is 380. The van der Waals surface area contributed by atoms with Crippen molar-refractivity contribution in [3.63, 3.8) is 0 Å². The van der Waals surface area contributed by atoms with Crippen LogP contribution in [-0.2, 0) is 10.2 Å². The van der Waals surface area contributed by atoms with E-state index in [1.54, 1.807) is 0 Å². The zero-order valence-corrected chi connectivity index (χ0v) is 13.2. The van der Waals surface area contributed by atoms with Crippen LogP contribution in [0.25, 0.3) is 0 Å². The topological polar surface area (TPSA) is 21.3 Å². The number of rotatable bonds is 6. The van der Waals surface area contributed by atoms with Crippen LogP contribution in [0, 0.1) is 5.92 Å². The van der Waals surface area contributed by atoms with Crippen molar-refractivity contribution in [2.24, 2.45) is 5.92 Å². The third kappa shape index (κ3) is 2.91. The quantitative estimate of drug-likeness (QED) is 0.853. The van der Waals surface area contributed by atoms with Gasteiger partial charge in [0.15, 0.2) is 0 Å². The predicted octanol–water partition coefficient (Wildman–Crippen LogP) is 3.76. The number of nitrogens with one attached hydrogen (secondary N) is 1. The second kappa shape index (κ2) is 7.24. The van der Waals surface area contributed by atoms with E-state index in [2.05, 4.69) is 56.5 Å². The average molecular weight is 275 g/mol. The van der Waals surface area contributed by atoms with Crippen molar-refractivity contribution >= 4 is 0 Å². The van der Waals surface area contributed by atoms with Crippen LogP contribution in [-0.4, -0.2) is 26.3 Å². The van der Waals surface area contributed by atoms with Crippen LogP contribution in [0.15, 0.2) is 30.3 Å². The SMILES string of the molecule is CCC(CC)(c1ccccc1)C(NC)C1CCOCC1. The van der Waals surface area contributed by atoms with Crippen LogP contribution in [0.2, 0.25) is 0 Å². The van der Waals surface area contributed by atoms with Gasteiger partial charge in [0.2, 0.25) is 0 Å². The molecule has 1 saturated heterocycles. The first-order valence-electron chi connectivity index (χ1n) is 8.09. The molecule has 0 radical (unpaired) electrons. The van der Waals surface area contributed by atoms with Crippen molar-refractivity contribution in [2.75, 3.05) is 20.3 Å². The van der Waals surface area contributed by atoms with Crippen molar-refractivity contribution in [1.82, 2.24) is 5.32 Å². The lowest BCUT2D eigenvalue weighted by molar-refractivity contribution is 0.0391. The first kappa shape index (κ1) is 15.5. The van der Waals surface area contributed by atoms with Crippen LogP contribution in [0.1, 0.15) is 45.1 Å². The van der Waals surface area contributed by atoms with E-state index in [1.807, 2.05) is 0 Å². The molecule has 1 N–H and O–H groups in total. The highest BCUT2D eigenvalue weighted by Gasteiger charge is 2.41. The summed E-state index contributed by atoms with van der Waals surface area (Å²) in [5.41, 5.74) is 1.72. The smallest absolute Gasteiger partial charge is 0.0469 e. The van der Waals surface area contributed by atoms with Crippen molar-refractivity contribution in [3.05, 3.63) is 35.9 Å². The van der Waals surface area contributed by atoms with Gasteiger partial charge in [0.1, 0.15) is 0 Å². The summed E-state index contributed by atoms with van der Waals surface area (Å²) in [5.74, 6) is 0.717. The molecule has 1 unspecified atom stereocenters. The molecule has 2 nitrogen and oxygen atoms in total. The number of ether oxygens (including phenoxy) is 1. The molecule has 0 spiro atoms. The molecule has 1 fully saturated rings. The molecule has 0 aromatic heterocycles. The van der Waals surface area contributed by atoms with Gasteiger partial charge in [0, 0.05) is 24.7 Å². The van der Waals surface area contributed by atoms with E-state index < -0.39 is 0 Å². The molecule has 2 heteroatoms. The largest absolute Gasteiger partial charge is 0.381 e. The Morgan fingerprint density at radius 1 is 1.15 bits per heavy atom. The van der Waals surface area contributed by atoms with Gasteiger partial charge in [-0.2, -0.15) is 0 Å². The Hall–Kier alpha value is -0.860. The monoisotopic (exact) mass is 275 g/mol. The Kier molecular flexibility index (Phi) is 5.62. The van der Waals surface area contributed by atoms with Gasteiger partial charge in [-0.15, -0.1) is 0 Å². The molecule has 1 heterocycles. The van der Waals surface area contributed by atoms with E-state index in [-0.39, 0.29) is 5.41 Å². The van der Waals surface area contributed by atoms with Gasteiger partial charge in [-0.25, -0.2) is 0 Å². The van der Waals surface area contributed by atoms with Gasteiger partial charge in [0.05, 0.1) is 0 Å². The molecular weight excluding hydrogens is 246 g/mol. The lowest BCUT2D eigenvalue weighted by Gasteiger charge is -2.45. The van der Waals surface area contributed by atoms with Crippen LogP contribution in [0.4, 0.5) is 0 Å². The van der Waals surface area contributed by atoms with Crippen LogP contribution in [0.5, 0.6) is 0 Å². The number of benzene rings is 1. The third-order valence-electron chi connectivity index (χ3n) is 5.25. The Morgan fingerprint density at radius 3 is 2.25 bits per heavy atom. The van der Waals surface area contributed by atoms with Gasteiger partial charge < -0.3 is 10.1 Å². The lowest BCUT2D eigenvalue weighted by atomic mass is 9.65. The van der Waals surface area contributed by atoms with Gasteiger partial charge >= 0.3 is 0 Å². The van der Waals surface area contributed by atoms with Gasteiger partial charge in [-0.05, 0) is 44.2 Å². The molecule has 1 atom stereocenters. The maximum absolute atomic E-state index is 5.55. The van der Waals surface area contributed by atoms with E-state index >= 15 is 0 Å². The molecule has 0 aliphatic carbocycles. The van der Waals surface area contributed by atoms with Crippen LogP contribution in [0.3, 0.4) is 0 Å². The number of hydrogen-bond acceptors (Lipinski definition) is 2. The molecular formula is C18H29NO.